The van der Waals surface area contributed by atoms with E-state index in [0.29, 0.717) is 12.1 Å². The standard InChI is InChI=1S/C24H19F3N6O/c25-17-8-6-15(7-9-17)12-29-13-18(11-28)31-24(34)19-14-30-33-21(22(26)27)10-20(32-23(19)33)16-4-2-1-3-5-16/h1-11,13-14,22,28-29H,12H2,(H,31,34)/b18-13+,28-11?. The summed E-state index contributed by atoms with van der Waals surface area (Å²) in [7, 11) is 0. The summed E-state index contributed by atoms with van der Waals surface area (Å²) < 4.78 is 41.4. The number of allylic oxidation sites excluding steroid dienone is 1. The second kappa shape index (κ2) is 9.99. The number of nitrogens with zero attached hydrogens (tertiary/aromatic N) is 3. The minimum absolute atomic E-state index is 0.0223. The minimum Gasteiger partial charge on any atom is -0.385 e. The number of halogens is 3. The number of hydrogen-bond acceptors (Lipinski definition) is 5. The van der Waals surface area contributed by atoms with Gasteiger partial charge >= 0.3 is 0 Å². The molecule has 2 heterocycles. The van der Waals surface area contributed by atoms with E-state index in [1.165, 1.54) is 24.4 Å². The lowest BCUT2D eigenvalue weighted by molar-refractivity contribution is 0.0969. The zero-order chi connectivity index (χ0) is 24.1. The first kappa shape index (κ1) is 22.7. The third-order valence-corrected chi connectivity index (χ3v) is 4.93. The van der Waals surface area contributed by atoms with Crippen LogP contribution in [-0.4, -0.2) is 26.7 Å². The van der Waals surface area contributed by atoms with E-state index in [1.54, 1.807) is 42.5 Å². The molecule has 0 unspecified atom stereocenters. The van der Waals surface area contributed by atoms with Crippen LogP contribution >= 0.6 is 0 Å². The number of carbonyl (C=O) groups excluding carboxylic acids is 1. The van der Waals surface area contributed by atoms with Crippen molar-refractivity contribution in [2.75, 3.05) is 0 Å². The Hall–Kier alpha value is -4.47. The van der Waals surface area contributed by atoms with Gasteiger partial charge in [-0.1, -0.05) is 42.5 Å². The van der Waals surface area contributed by atoms with Crippen molar-refractivity contribution < 1.29 is 18.0 Å². The smallest absolute Gasteiger partial charge is 0.280 e. The molecule has 0 saturated heterocycles. The normalized spacial score (nSPS) is 11.6. The predicted molar refractivity (Wildman–Crippen MR) is 121 cm³/mol. The Balaban J connectivity index is 1.59. The molecule has 2 aromatic carbocycles. The summed E-state index contributed by atoms with van der Waals surface area (Å²) >= 11 is 0. The molecule has 0 radical (unpaired) electrons. The zero-order valence-electron chi connectivity index (χ0n) is 17.7. The lowest BCUT2D eigenvalue weighted by Gasteiger charge is -2.09. The number of nitrogens with one attached hydrogen (secondary N) is 3. The molecule has 4 aromatic rings. The van der Waals surface area contributed by atoms with Crippen molar-refractivity contribution in [3.05, 3.63) is 101 Å². The van der Waals surface area contributed by atoms with Gasteiger partial charge in [0.05, 0.1) is 17.6 Å². The largest absolute Gasteiger partial charge is 0.385 e. The second-order valence-corrected chi connectivity index (χ2v) is 7.23. The number of hydrogen-bond donors (Lipinski definition) is 3. The average molecular weight is 464 g/mol. The first-order valence-electron chi connectivity index (χ1n) is 10.2. The van der Waals surface area contributed by atoms with Gasteiger partial charge < -0.3 is 16.0 Å². The average Bonchev–Trinajstić information content (AvgIpc) is 3.28. The highest BCUT2D eigenvalue weighted by Gasteiger charge is 2.21. The summed E-state index contributed by atoms with van der Waals surface area (Å²) in [6.45, 7) is 0.337. The number of rotatable bonds is 8. The summed E-state index contributed by atoms with van der Waals surface area (Å²) in [5, 5.41) is 17.0. The molecule has 0 fully saturated rings. The van der Waals surface area contributed by atoms with Crippen molar-refractivity contribution in [2.45, 2.75) is 13.0 Å². The SMILES string of the molecule is N=C/C(=C\NCc1ccc(F)cc1)NC(=O)c1cnn2c(C(F)F)cc(-c3ccccc3)nc12. The van der Waals surface area contributed by atoms with Gasteiger partial charge in [0.1, 0.15) is 17.1 Å². The van der Waals surface area contributed by atoms with Crippen molar-refractivity contribution in [2.24, 2.45) is 0 Å². The maximum Gasteiger partial charge on any atom is 0.280 e. The molecule has 172 valence electrons. The number of carbonyl (C=O) groups is 1. The van der Waals surface area contributed by atoms with E-state index >= 15 is 0 Å². The van der Waals surface area contributed by atoms with Crippen molar-refractivity contribution in [3.8, 4) is 11.3 Å². The maximum absolute atomic E-state index is 13.7. The molecule has 0 bridgehead atoms. The number of benzene rings is 2. The monoisotopic (exact) mass is 464 g/mol. The molecule has 1 amide bonds. The van der Waals surface area contributed by atoms with Crippen LogP contribution in [0.15, 0.2) is 78.8 Å². The number of amides is 1. The van der Waals surface area contributed by atoms with Crippen molar-refractivity contribution in [1.29, 1.82) is 5.41 Å². The van der Waals surface area contributed by atoms with E-state index < -0.39 is 18.0 Å². The Kier molecular flexibility index (Phi) is 6.67. The van der Waals surface area contributed by atoms with Crippen LogP contribution in [0, 0.1) is 11.2 Å². The van der Waals surface area contributed by atoms with Crippen LogP contribution in [0.25, 0.3) is 16.9 Å². The maximum atomic E-state index is 13.7. The molecule has 0 saturated carbocycles. The Morgan fingerprint density at radius 1 is 1.12 bits per heavy atom. The van der Waals surface area contributed by atoms with Crippen LogP contribution in [0.2, 0.25) is 0 Å². The highest BCUT2D eigenvalue weighted by Crippen LogP contribution is 2.26. The van der Waals surface area contributed by atoms with Gasteiger partial charge in [-0.2, -0.15) is 5.10 Å². The fourth-order valence-corrected chi connectivity index (χ4v) is 3.25. The van der Waals surface area contributed by atoms with Crippen LogP contribution in [0.3, 0.4) is 0 Å². The Morgan fingerprint density at radius 2 is 1.85 bits per heavy atom. The van der Waals surface area contributed by atoms with E-state index in [4.69, 9.17) is 5.41 Å². The molecule has 7 nitrogen and oxygen atoms in total. The van der Waals surface area contributed by atoms with Gasteiger partial charge in [0.15, 0.2) is 5.65 Å². The molecule has 10 heteroatoms. The fraction of sp³-hybridized carbons (Fsp3) is 0.0833. The van der Waals surface area contributed by atoms with Gasteiger partial charge in [-0.05, 0) is 23.8 Å². The summed E-state index contributed by atoms with van der Waals surface area (Å²) in [4.78, 5) is 17.3. The molecule has 0 aliphatic carbocycles. The zero-order valence-corrected chi connectivity index (χ0v) is 17.7. The molecular formula is C24H19F3N6O. The van der Waals surface area contributed by atoms with Crippen LogP contribution in [0.1, 0.15) is 28.0 Å². The molecular weight excluding hydrogens is 445 g/mol. The fourth-order valence-electron chi connectivity index (χ4n) is 3.25. The topological polar surface area (TPSA) is 95.2 Å². The summed E-state index contributed by atoms with van der Waals surface area (Å²) in [6, 6.07) is 15.9. The van der Waals surface area contributed by atoms with Crippen molar-refractivity contribution in [3.63, 3.8) is 0 Å². The van der Waals surface area contributed by atoms with E-state index in [0.717, 1.165) is 22.5 Å². The number of fused-ring (bicyclic) bond motifs is 1. The van der Waals surface area contributed by atoms with Crippen LogP contribution in [0.4, 0.5) is 13.2 Å². The summed E-state index contributed by atoms with van der Waals surface area (Å²) in [6.07, 6.45) is 0.657. The van der Waals surface area contributed by atoms with Gasteiger partial charge in [-0.15, -0.1) is 0 Å². The Labute approximate surface area is 192 Å². The summed E-state index contributed by atoms with van der Waals surface area (Å²) in [5.41, 5.74) is 1.37. The van der Waals surface area contributed by atoms with Crippen molar-refractivity contribution >= 4 is 17.8 Å². The van der Waals surface area contributed by atoms with E-state index in [-0.39, 0.29) is 28.4 Å². The highest BCUT2D eigenvalue weighted by atomic mass is 19.3. The molecule has 2 aromatic heterocycles. The van der Waals surface area contributed by atoms with Gasteiger partial charge in [0, 0.05) is 24.5 Å². The van der Waals surface area contributed by atoms with E-state index in [1.807, 2.05) is 0 Å². The molecule has 0 aliphatic heterocycles. The van der Waals surface area contributed by atoms with Gasteiger partial charge in [0.2, 0.25) is 0 Å². The second-order valence-electron chi connectivity index (χ2n) is 7.23. The number of aromatic nitrogens is 3. The quantitative estimate of drug-likeness (QED) is 0.335. The predicted octanol–water partition coefficient (Wildman–Crippen LogP) is 4.48. The van der Waals surface area contributed by atoms with E-state index in [2.05, 4.69) is 20.7 Å². The third kappa shape index (κ3) is 4.96. The van der Waals surface area contributed by atoms with E-state index in [9.17, 15) is 18.0 Å². The summed E-state index contributed by atoms with van der Waals surface area (Å²) in [5.74, 6) is -1.01. The molecule has 4 rings (SSSR count). The molecule has 0 aliphatic rings. The Morgan fingerprint density at radius 3 is 2.53 bits per heavy atom. The molecule has 0 spiro atoms. The highest BCUT2D eigenvalue weighted by molar-refractivity contribution is 6.03. The number of alkyl halides is 2. The van der Waals surface area contributed by atoms with Gasteiger partial charge in [-0.3, -0.25) is 4.79 Å². The third-order valence-electron chi connectivity index (χ3n) is 4.93. The first-order chi connectivity index (χ1) is 16.5. The minimum atomic E-state index is -2.84. The first-order valence-corrected chi connectivity index (χ1v) is 10.2. The lowest BCUT2D eigenvalue weighted by atomic mass is 10.1. The van der Waals surface area contributed by atoms with Crippen molar-refractivity contribution in [1.82, 2.24) is 25.2 Å². The molecule has 0 atom stereocenters. The molecule has 3 N–H and O–H groups in total. The lowest BCUT2D eigenvalue weighted by Crippen LogP contribution is -2.25. The Bertz CT molecular complexity index is 1350. The van der Waals surface area contributed by atoms with Gasteiger partial charge in [-0.25, -0.2) is 22.7 Å². The van der Waals surface area contributed by atoms with Crippen LogP contribution in [0.5, 0.6) is 0 Å². The molecule has 34 heavy (non-hydrogen) atoms. The van der Waals surface area contributed by atoms with Crippen LogP contribution in [-0.2, 0) is 6.54 Å². The van der Waals surface area contributed by atoms with Crippen LogP contribution < -0.4 is 10.6 Å². The van der Waals surface area contributed by atoms with Gasteiger partial charge in [0.25, 0.3) is 12.3 Å².